The van der Waals surface area contributed by atoms with Crippen molar-refractivity contribution in [3.63, 3.8) is 0 Å². The van der Waals surface area contributed by atoms with Crippen molar-refractivity contribution in [3.05, 3.63) is 0 Å². The first-order valence-corrected chi connectivity index (χ1v) is 5.03. The van der Waals surface area contributed by atoms with E-state index in [1.807, 2.05) is 0 Å². The number of aliphatic carboxylic acids is 1. The summed E-state index contributed by atoms with van der Waals surface area (Å²) < 4.78 is 0. The van der Waals surface area contributed by atoms with E-state index in [4.69, 9.17) is 0 Å². The Morgan fingerprint density at radius 3 is 2.33 bits per heavy atom. The van der Waals surface area contributed by atoms with Crippen molar-refractivity contribution in [3.8, 4) is 0 Å². The van der Waals surface area contributed by atoms with Crippen LogP contribution in [0.25, 0.3) is 0 Å². The van der Waals surface area contributed by atoms with Crippen LogP contribution in [0.5, 0.6) is 0 Å². The molecule has 0 radical (unpaired) electrons. The van der Waals surface area contributed by atoms with E-state index in [0.717, 1.165) is 23.7 Å². The predicted molar refractivity (Wildman–Crippen MR) is 39.1 cm³/mol. The first-order valence-electron chi connectivity index (χ1n) is 5.03. The third-order valence-corrected chi connectivity index (χ3v) is 6.14. The molecule has 6 aliphatic carbocycles. The Hall–Kier alpha value is -0.530. The van der Waals surface area contributed by atoms with Crippen molar-refractivity contribution in [2.45, 2.75) is 6.42 Å². The fourth-order valence-electron chi connectivity index (χ4n) is 6.32. The van der Waals surface area contributed by atoms with Gasteiger partial charge in [0.05, 0.1) is 5.41 Å². The standard InChI is InChI=1S/C10H10O2/c11-9(12)10-6-3-1-2-4(6)8(10)5(2)7(3)10/h2-8H,1H2,(H,11,12)/t2?,3?,4-,5-,6-,7+,8?,10?/m1/s1. The van der Waals surface area contributed by atoms with Gasteiger partial charge in [-0.2, -0.15) is 0 Å². The predicted octanol–water partition coefficient (Wildman–Crippen LogP) is 0.829. The van der Waals surface area contributed by atoms with Gasteiger partial charge < -0.3 is 5.11 Å². The Kier molecular flexibility index (Phi) is 0.443. The third-order valence-electron chi connectivity index (χ3n) is 6.14. The second-order valence-corrected chi connectivity index (χ2v) is 5.53. The van der Waals surface area contributed by atoms with Gasteiger partial charge in [-0.3, -0.25) is 4.79 Å². The summed E-state index contributed by atoms with van der Waals surface area (Å²) in [5.41, 5.74) is -0.132. The van der Waals surface area contributed by atoms with Crippen LogP contribution in [0.2, 0.25) is 0 Å². The van der Waals surface area contributed by atoms with Gasteiger partial charge in [0.15, 0.2) is 0 Å². The summed E-state index contributed by atoms with van der Waals surface area (Å²) in [7, 11) is 0. The second kappa shape index (κ2) is 1.01. The average molecular weight is 162 g/mol. The monoisotopic (exact) mass is 162 g/mol. The molecule has 6 saturated carbocycles. The van der Waals surface area contributed by atoms with Crippen molar-refractivity contribution in [2.24, 2.45) is 46.8 Å². The van der Waals surface area contributed by atoms with E-state index in [2.05, 4.69) is 0 Å². The van der Waals surface area contributed by atoms with Gasteiger partial charge >= 0.3 is 5.97 Å². The molecule has 2 nitrogen and oxygen atoms in total. The lowest BCUT2D eigenvalue weighted by atomic mass is 9.13. The third kappa shape index (κ3) is 0.192. The molecule has 0 aromatic carbocycles. The van der Waals surface area contributed by atoms with Gasteiger partial charge in [-0.05, 0) is 47.8 Å². The maximum Gasteiger partial charge on any atom is 0.310 e. The van der Waals surface area contributed by atoms with Crippen molar-refractivity contribution >= 4 is 5.97 Å². The molecule has 0 saturated heterocycles. The fraction of sp³-hybridized carbons (Fsp3) is 0.900. The van der Waals surface area contributed by atoms with E-state index in [0.29, 0.717) is 17.8 Å². The van der Waals surface area contributed by atoms with Crippen molar-refractivity contribution in [1.29, 1.82) is 0 Å². The molecule has 0 aromatic heterocycles. The Morgan fingerprint density at radius 1 is 1.17 bits per heavy atom. The largest absolute Gasteiger partial charge is 0.481 e. The molecule has 1 N–H and O–H groups in total. The topological polar surface area (TPSA) is 37.3 Å². The molecule has 2 heteroatoms. The minimum absolute atomic E-state index is 0.132. The van der Waals surface area contributed by atoms with E-state index >= 15 is 0 Å². The molecule has 6 aliphatic rings. The maximum atomic E-state index is 11.1. The van der Waals surface area contributed by atoms with Crippen molar-refractivity contribution in [1.82, 2.24) is 0 Å². The van der Waals surface area contributed by atoms with Crippen molar-refractivity contribution in [2.75, 3.05) is 0 Å². The van der Waals surface area contributed by atoms with Gasteiger partial charge in [0, 0.05) is 0 Å². The highest BCUT2D eigenvalue weighted by molar-refractivity contribution is 5.84. The summed E-state index contributed by atoms with van der Waals surface area (Å²) in [6.45, 7) is 0. The Bertz CT molecular complexity index is 324. The van der Waals surface area contributed by atoms with Crippen LogP contribution in [-0.2, 0) is 4.79 Å². The van der Waals surface area contributed by atoms with Crippen LogP contribution < -0.4 is 0 Å². The average Bonchev–Trinajstić information content (AvgIpc) is 2.27. The zero-order valence-corrected chi connectivity index (χ0v) is 6.60. The Labute approximate surface area is 70.0 Å². The summed E-state index contributed by atoms with van der Waals surface area (Å²) >= 11 is 0. The van der Waals surface area contributed by atoms with Gasteiger partial charge in [-0.25, -0.2) is 0 Å². The number of carboxylic acid groups (broad SMARTS) is 1. The minimum atomic E-state index is -0.452. The SMILES string of the molecule is O=C(O)C12C3[C@@H]4C5CC([C@H]41)[C@H]2[C@@H]53. The van der Waals surface area contributed by atoms with Gasteiger partial charge in [0.2, 0.25) is 0 Å². The fourth-order valence-corrected chi connectivity index (χ4v) is 6.32. The molecular weight excluding hydrogens is 152 g/mol. The lowest BCUT2D eigenvalue weighted by Gasteiger charge is -2.89. The molecule has 8 atom stereocenters. The number of hydrogen-bond acceptors (Lipinski definition) is 1. The van der Waals surface area contributed by atoms with Crippen molar-refractivity contribution < 1.29 is 9.90 Å². The highest BCUT2D eigenvalue weighted by atomic mass is 16.4. The van der Waals surface area contributed by atoms with E-state index in [-0.39, 0.29) is 5.41 Å². The molecule has 6 fully saturated rings. The summed E-state index contributed by atoms with van der Waals surface area (Å²) in [6.07, 6.45) is 1.40. The molecule has 6 rings (SSSR count). The van der Waals surface area contributed by atoms with Crippen LogP contribution >= 0.6 is 0 Å². The molecule has 4 unspecified atom stereocenters. The Balaban J connectivity index is 1.78. The first-order chi connectivity index (χ1) is 5.79. The number of rotatable bonds is 1. The highest BCUT2D eigenvalue weighted by Crippen LogP contribution is 2.99. The Morgan fingerprint density at radius 2 is 1.83 bits per heavy atom. The van der Waals surface area contributed by atoms with Gasteiger partial charge in [-0.15, -0.1) is 0 Å². The summed E-state index contributed by atoms with van der Waals surface area (Å²) in [6, 6.07) is 0. The molecule has 0 spiro atoms. The van der Waals surface area contributed by atoms with Gasteiger partial charge in [-0.1, -0.05) is 0 Å². The van der Waals surface area contributed by atoms with Crippen LogP contribution in [0.4, 0.5) is 0 Å². The highest BCUT2D eigenvalue weighted by Gasteiger charge is 3.00. The summed E-state index contributed by atoms with van der Waals surface area (Å²) in [5.74, 6) is 5.16. The quantitative estimate of drug-likeness (QED) is 0.620. The second-order valence-electron chi connectivity index (χ2n) is 5.53. The van der Waals surface area contributed by atoms with E-state index in [1.165, 1.54) is 6.42 Å². The van der Waals surface area contributed by atoms with Crippen LogP contribution in [0.15, 0.2) is 0 Å². The first kappa shape index (κ1) is 5.25. The van der Waals surface area contributed by atoms with Crippen LogP contribution in [0.3, 0.4) is 0 Å². The van der Waals surface area contributed by atoms with Crippen LogP contribution in [0.1, 0.15) is 6.42 Å². The lowest BCUT2D eigenvalue weighted by Crippen LogP contribution is -2.90. The molecule has 12 heavy (non-hydrogen) atoms. The van der Waals surface area contributed by atoms with Crippen LogP contribution in [-0.4, -0.2) is 11.1 Å². The maximum absolute atomic E-state index is 11.1. The zero-order chi connectivity index (χ0) is 7.83. The number of carbonyl (C=O) groups is 1. The van der Waals surface area contributed by atoms with Crippen LogP contribution in [0, 0.1) is 46.8 Å². The summed E-state index contributed by atoms with van der Waals surface area (Å²) in [5, 5.41) is 9.19. The molecule has 62 valence electrons. The summed E-state index contributed by atoms with van der Waals surface area (Å²) in [4.78, 5) is 11.1. The number of carboxylic acids is 1. The molecule has 0 aromatic rings. The molecular formula is C10H10O2. The molecule has 0 aliphatic heterocycles. The van der Waals surface area contributed by atoms with Gasteiger partial charge in [0.25, 0.3) is 0 Å². The molecule has 2 bridgehead atoms. The van der Waals surface area contributed by atoms with E-state index < -0.39 is 5.97 Å². The smallest absolute Gasteiger partial charge is 0.310 e. The molecule has 0 heterocycles. The number of hydrogen-bond donors (Lipinski definition) is 1. The lowest BCUT2D eigenvalue weighted by molar-refractivity contribution is -0.430. The van der Waals surface area contributed by atoms with Gasteiger partial charge in [0.1, 0.15) is 0 Å². The normalized spacial score (nSPS) is 82.8. The minimum Gasteiger partial charge on any atom is -0.481 e. The zero-order valence-electron chi connectivity index (χ0n) is 6.60. The van der Waals surface area contributed by atoms with E-state index in [9.17, 15) is 9.90 Å². The van der Waals surface area contributed by atoms with E-state index in [1.54, 1.807) is 0 Å². The molecule has 0 amide bonds.